The van der Waals surface area contributed by atoms with Crippen LogP contribution in [0.1, 0.15) is 34.1 Å². The predicted molar refractivity (Wildman–Crippen MR) is 102 cm³/mol. The van der Waals surface area contributed by atoms with Crippen molar-refractivity contribution in [2.45, 2.75) is 20.3 Å². The van der Waals surface area contributed by atoms with E-state index in [4.69, 9.17) is 21.6 Å². The van der Waals surface area contributed by atoms with Crippen LogP contribution in [0.4, 0.5) is 11.5 Å². The van der Waals surface area contributed by atoms with E-state index in [9.17, 15) is 4.79 Å². The zero-order valence-corrected chi connectivity index (χ0v) is 15.7. The number of aromatic nitrogens is 2. The Balaban J connectivity index is 2.06. The van der Waals surface area contributed by atoms with Crippen molar-refractivity contribution in [2.75, 3.05) is 11.9 Å². The van der Waals surface area contributed by atoms with Crippen molar-refractivity contribution in [3.05, 3.63) is 45.6 Å². The molecule has 0 unspecified atom stereocenters. The van der Waals surface area contributed by atoms with Gasteiger partial charge in [0.05, 0.1) is 23.6 Å². The number of anilines is 2. The molecule has 0 saturated carbocycles. The summed E-state index contributed by atoms with van der Waals surface area (Å²) in [5.74, 6) is 0.110. The van der Waals surface area contributed by atoms with E-state index in [1.165, 1.54) is 11.3 Å². The summed E-state index contributed by atoms with van der Waals surface area (Å²) in [4.78, 5) is 21.9. The maximum Gasteiger partial charge on any atom is 0.348 e. The molecule has 0 aliphatic heterocycles. The molecule has 1 aromatic carbocycles. The van der Waals surface area contributed by atoms with Crippen LogP contribution in [0.25, 0.3) is 10.2 Å². The Labute approximate surface area is 159 Å². The molecule has 26 heavy (non-hydrogen) atoms. The topological polar surface area (TPSA) is 87.9 Å². The van der Waals surface area contributed by atoms with Crippen LogP contribution in [0.15, 0.2) is 24.3 Å². The SMILES string of the molecule is CCCOC(=O)c1sc2nc(Cl)nc(Nc3cccc(C#N)c3)c2c1C. The summed E-state index contributed by atoms with van der Waals surface area (Å²) in [6, 6.07) is 9.11. The van der Waals surface area contributed by atoms with Crippen molar-refractivity contribution in [2.24, 2.45) is 0 Å². The second kappa shape index (κ2) is 7.68. The molecule has 8 heteroatoms. The first-order valence-corrected chi connectivity index (χ1v) is 9.14. The lowest BCUT2D eigenvalue weighted by molar-refractivity contribution is 0.0510. The number of carbonyl (C=O) groups is 1. The first-order valence-electron chi connectivity index (χ1n) is 7.94. The van der Waals surface area contributed by atoms with Gasteiger partial charge in [0.1, 0.15) is 15.5 Å². The lowest BCUT2D eigenvalue weighted by Crippen LogP contribution is -2.05. The van der Waals surface area contributed by atoms with Crippen molar-refractivity contribution >= 4 is 50.6 Å². The quantitative estimate of drug-likeness (QED) is 0.498. The number of hydrogen-bond acceptors (Lipinski definition) is 7. The average molecular weight is 387 g/mol. The molecule has 2 aromatic heterocycles. The first-order chi connectivity index (χ1) is 12.5. The molecule has 132 valence electrons. The van der Waals surface area contributed by atoms with Gasteiger partial charge in [-0.1, -0.05) is 13.0 Å². The molecule has 0 amide bonds. The van der Waals surface area contributed by atoms with E-state index in [1.54, 1.807) is 18.2 Å². The fraction of sp³-hybridized carbons (Fsp3) is 0.222. The van der Waals surface area contributed by atoms with Gasteiger partial charge in [0.25, 0.3) is 0 Å². The van der Waals surface area contributed by atoms with Crippen molar-refractivity contribution in [1.82, 2.24) is 9.97 Å². The van der Waals surface area contributed by atoms with Gasteiger partial charge >= 0.3 is 5.97 Å². The van der Waals surface area contributed by atoms with Crippen LogP contribution in [-0.4, -0.2) is 22.5 Å². The van der Waals surface area contributed by atoms with Crippen LogP contribution >= 0.6 is 22.9 Å². The number of ether oxygens (including phenoxy) is 1. The summed E-state index contributed by atoms with van der Waals surface area (Å²) in [5, 5.41) is 13.0. The van der Waals surface area contributed by atoms with Crippen LogP contribution in [0.2, 0.25) is 5.28 Å². The lowest BCUT2D eigenvalue weighted by atomic mass is 10.2. The number of hydrogen-bond donors (Lipinski definition) is 1. The highest BCUT2D eigenvalue weighted by Gasteiger charge is 2.21. The Kier molecular flexibility index (Phi) is 5.35. The zero-order valence-electron chi connectivity index (χ0n) is 14.2. The fourth-order valence-corrected chi connectivity index (χ4v) is 3.76. The minimum atomic E-state index is -0.374. The third-order valence-corrected chi connectivity index (χ3v) is 4.97. The normalized spacial score (nSPS) is 10.5. The van der Waals surface area contributed by atoms with Gasteiger partial charge in [-0.3, -0.25) is 0 Å². The van der Waals surface area contributed by atoms with Gasteiger partial charge in [-0.25, -0.2) is 9.78 Å². The largest absolute Gasteiger partial charge is 0.462 e. The van der Waals surface area contributed by atoms with Crippen molar-refractivity contribution < 1.29 is 9.53 Å². The van der Waals surface area contributed by atoms with Crippen molar-refractivity contribution in [3.8, 4) is 6.07 Å². The van der Waals surface area contributed by atoms with Crippen molar-refractivity contribution in [3.63, 3.8) is 0 Å². The van der Waals surface area contributed by atoms with Crippen LogP contribution < -0.4 is 5.32 Å². The van der Waals surface area contributed by atoms with Gasteiger partial charge in [-0.2, -0.15) is 10.2 Å². The Morgan fingerprint density at radius 2 is 2.23 bits per heavy atom. The summed E-state index contributed by atoms with van der Waals surface area (Å²) in [5.41, 5.74) is 1.96. The highest BCUT2D eigenvalue weighted by atomic mass is 35.5. The molecule has 1 N–H and O–H groups in total. The second-order valence-corrected chi connectivity index (χ2v) is 6.87. The molecule has 0 atom stereocenters. The molecular formula is C18H15ClN4O2S. The second-order valence-electron chi connectivity index (χ2n) is 5.53. The lowest BCUT2D eigenvalue weighted by Gasteiger charge is -2.08. The molecule has 0 spiro atoms. The first kappa shape index (κ1) is 18.1. The third kappa shape index (κ3) is 3.62. The van der Waals surface area contributed by atoms with Crippen molar-refractivity contribution in [1.29, 1.82) is 5.26 Å². The molecule has 0 aliphatic rings. The monoisotopic (exact) mass is 386 g/mol. The molecule has 3 rings (SSSR count). The van der Waals surface area contributed by atoms with Crippen LogP contribution in [-0.2, 0) is 4.74 Å². The Hall–Kier alpha value is -2.69. The highest BCUT2D eigenvalue weighted by molar-refractivity contribution is 7.20. The number of rotatable bonds is 5. The number of carbonyl (C=O) groups excluding carboxylic acids is 1. The number of fused-ring (bicyclic) bond motifs is 1. The van der Waals surface area contributed by atoms with Crippen LogP contribution in [0.5, 0.6) is 0 Å². The van der Waals surface area contributed by atoms with E-state index in [1.807, 2.05) is 19.9 Å². The van der Waals surface area contributed by atoms with Gasteiger partial charge in [0, 0.05) is 5.69 Å². The number of thiophene rings is 1. The molecule has 0 aliphatic carbocycles. The molecule has 0 fully saturated rings. The number of nitriles is 1. The highest BCUT2D eigenvalue weighted by Crippen LogP contribution is 2.36. The molecule has 0 bridgehead atoms. The predicted octanol–water partition coefficient (Wildman–Crippen LogP) is 4.84. The van der Waals surface area contributed by atoms with Gasteiger partial charge in [-0.05, 0) is 48.7 Å². The van der Waals surface area contributed by atoms with Gasteiger partial charge < -0.3 is 10.1 Å². The molecule has 0 saturated heterocycles. The molecule has 3 aromatic rings. The summed E-state index contributed by atoms with van der Waals surface area (Å²) >= 11 is 7.28. The minimum absolute atomic E-state index is 0.0752. The number of nitrogens with zero attached hydrogens (tertiary/aromatic N) is 3. The van der Waals surface area contributed by atoms with E-state index in [-0.39, 0.29) is 11.3 Å². The summed E-state index contributed by atoms with van der Waals surface area (Å²) < 4.78 is 5.24. The number of benzene rings is 1. The standard InChI is InChI=1S/C18H15ClN4O2S/c1-3-7-25-17(24)14-10(2)13-15(22-18(19)23-16(13)26-14)21-12-6-4-5-11(8-12)9-20/h4-6,8H,3,7H2,1-2H3,(H,21,22,23). The Bertz CT molecular complexity index is 1030. The van der Waals surface area contributed by atoms with E-state index in [2.05, 4.69) is 21.4 Å². The van der Waals surface area contributed by atoms with Crippen LogP contribution in [0.3, 0.4) is 0 Å². The summed E-state index contributed by atoms with van der Waals surface area (Å²) in [7, 11) is 0. The maximum atomic E-state index is 12.3. The molecule has 2 heterocycles. The van der Waals surface area contributed by atoms with E-state index >= 15 is 0 Å². The molecular weight excluding hydrogens is 372 g/mol. The minimum Gasteiger partial charge on any atom is -0.462 e. The number of halogens is 1. The molecule has 6 nitrogen and oxygen atoms in total. The Morgan fingerprint density at radius 3 is 2.96 bits per heavy atom. The van der Waals surface area contributed by atoms with Gasteiger partial charge in [0.15, 0.2) is 0 Å². The van der Waals surface area contributed by atoms with E-state index < -0.39 is 0 Å². The van der Waals surface area contributed by atoms with Gasteiger partial charge in [0.2, 0.25) is 5.28 Å². The number of nitrogens with one attached hydrogen (secondary N) is 1. The Morgan fingerprint density at radius 1 is 1.42 bits per heavy atom. The van der Waals surface area contributed by atoms with Crippen LogP contribution in [0, 0.1) is 18.3 Å². The number of aryl methyl sites for hydroxylation is 1. The summed E-state index contributed by atoms with van der Waals surface area (Å²) in [6.45, 7) is 4.13. The summed E-state index contributed by atoms with van der Waals surface area (Å²) in [6.07, 6.45) is 0.753. The van der Waals surface area contributed by atoms with Gasteiger partial charge in [-0.15, -0.1) is 11.3 Å². The smallest absolute Gasteiger partial charge is 0.348 e. The third-order valence-electron chi connectivity index (χ3n) is 3.64. The zero-order chi connectivity index (χ0) is 18.7. The van der Waals surface area contributed by atoms with E-state index in [0.29, 0.717) is 38.8 Å². The number of esters is 1. The fourth-order valence-electron chi connectivity index (χ4n) is 2.46. The average Bonchev–Trinajstić information content (AvgIpc) is 2.96. The molecule has 0 radical (unpaired) electrons. The van der Waals surface area contributed by atoms with E-state index in [0.717, 1.165) is 12.0 Å². The maximum absolute atomic E-state index is 12.3.